The Hall–Kier alpha value is -3.63. The minimum atomic E-state index is -0.559. The lowest BCUT2D eigenvalue weighted by Crippen LogP contribution is -2.48. The quantitative estimate of drug-likeness (QED) is 0.283. The topological polar surface area (TPSA) is 87.8 Å². The van der Waals surface area contributed by atoms with Crippen LogP contribution >= 0.6 is 11.3 Å². The Morgan fingerprint density at radius 1 is 0.897 bits per heavy atom. The van der Waals surface area contributed by atoms with E-state index in [-0.39, 0.29) is 6.61 Å². The lowest BCUT2D eigenvalue weighted by molar-refractivity contribution is 0.0426. The minimum absolute atomic E-state index is 0.256. The molecule has 9 heteroatoms. The van der Waals surface area contributed by atoms with Crippen LogP contribution in [0.2, 0.25) is 0 Å². The first-order valence-electron chi connectivity index (χ1n) is 13.2. The van der Waals surface area contributed by atoms with Crippen LogP contribution in [0.25, 0.3) is 32.7 Å². The molecule has 1 aliphatic heterocycles. The van der Waals surface area contributed by atoms with Gasteiger partial charge in [-0.3, -0.25) is 9.80 Å². The summed E-state index contributed by atoms with van der Waals surface area (Å²) in [7, 11) is 0. The number of nitrogens with zero attached hydrogens (tertiary/aromatic N) is 5. The van der Waals surface area contributed by atoms with Crippen molar-refractivity contribution in [1.29, 1.82) is 0 Å². The van der Waals surface area contributed by atoms with Crippen molar-refractivity contribution >= 4 is 21.6 Å². The highest BCUT2D eigenvalue weighted by molar-refractivity contribution is 7.18. The fraction of sp³-hybridized carbons (Fsp3) is 0.300. The van der Waals surface area contributed by atoms with Gasteiger partial charge in [-0.2, -0.15) is 4.98 Å². The number of fused-ring (bicyclic) bond motifs is 1. The number of rotatable bonds is 9. The Kier molecular flexibility index (Phi) is 7.64. The highest BCUT2D eigenvalue weighted by atomic mass is 32.1. The molecule has 0 unspecified atom stereocenters. The van der Waals surface area contributed by atoms with Crippen LogP contribution in [0, 0.1) is 6.92 Å². The molecule has 1 saturated heterocycles. The van der Waals surface area contributed by atoms with E-state index in [1.165, 1.54) is 5.56 Å². The predicted molar refractivity (Wildman–Crippen MR) is 153 cm³/mol. The largest absolute Gasteiger partial charge is 0.491 e. The molecule has 5 aromatic rings. The predicted octanol–water partition coefficient (Wildman–Crippen LogP) is 4.88. The van der Waals surface area contributed by atoms with Gasteiger partial charge in [-0.15, -0.1) is 11.3 Å². The van der Waals surface area contributed by atoms with Crippen LogP contribution in [-0.4, -0.2) is 75.5 Å². The fourth-order valence-electron chi connectivity index (χ4n) is 4.86. The molecule has 39 heavy (non-hydrogen) atoms. The molecule has 1 atom stereocenters. The first kappa shape index (κ1) is 25.6. The van der Waals surface area contributed by atoms with Crippen LogP contribution in [0.15, 0.2) is 77.3 Å². The van der Waals surface area contributed by atoms with Gasteiger partial charge in [0.2, 0.25) is 11.7 Å². The Morgan fingerprint density at radius 2 is 1.62 bits per heavy atom. The average molecular weight is 542 g/mol. The molecule has 0 saturated carbocycles. The molecule has 3 heterocycles. The van der Waals surface area contributed by atoms with E-state index in [2.05, 4.69) is 49.2 Å². The molecule has 6 rings (SSSR count). The SMILES string of the molecule is Cc1nc2cc(OC[C@@H](O)CN3CCN(Cc4nc(-c5ccc(-c6ccccc6)cc5)no4)CC3)ccc2s1. The van der Waals surface area contributed by atoms with Gasteiger partial charge in [0.1, 0.15) is 18.5 Å². The number of benzene rings is 3. The second kappa shape index (κ2) is 11.6. The molecule has 200 valence electrons. The summed E-state index contributed by atoms with van der Waals surface area (Å²) in [6.45, 7) is 6.93. The highest BCUT2D eigenvalue weighted by Gasteiger charge is 2.21. The average Bonchev–Trinajstić information content (AvgIpc) is 3.59. The Balaban J connectivity index is 0.951. The molecule has 3 aromatic carbocycles. The van der Waals surface area contributed by atoms with Gasteiger partial charge in [-0.05, 0) is 30.2 Å². The maximum atomic E-state index is 10.5. The first-order chi connectivity index (χ1) is 19.1. The zero-order valence-corrected chi connectivity index (χ0v) is 22.7. The van der Waals surface area contributed by atoms with Crippen molar-refractivity contribution in [2.75, 3.05) is 39.3 Å². The molecule has 0 aliphatic carbocycles. The number of β-amino-alcohol motifs (C(OH)–C–C–N with tert-alkyl or cyclic N) is 1. The Bertz CT molecular complexity index is 1510. The van der Waals surface area contributed by atoms with Gasteiger partial charge >= 0.3 is 0 Å². The molecule has 1 aliphatic rings. The van der Waals surface area contributed by atoms with E-state index in [4.69, 9.17) is 9.26 Å². The first-order valence-corrected chi connectivity index (χ1v) is 14.0. The third-order valence-electron chi connectivity index (χ3n) is 6.92. The van der Waals surface area contributed by atoms with Gasteiger partial charge in [0.25, 0.3) is 0 Å². The molecule has 1 N–H and O–H groups in total. The van der Waals surface area contributed by atoms with Gasteiger partial charge in [0, 0.05) is 44.4 Å². The van der Waals surface area contributed by atoms with Gasteiger partial charge in [0.15, 0.2) is 0 Å². The van der Waals surface area contributed by atoms with Gasteiger partial charge in [-0.25, -0.2) is 4.98 Å². The zero-order chi connectivity index (χ0) is 26.6. The minimum Gasteiger partial charge on any atom is -0.491 e. The molecule has 2 aromatic heterocycles. The fourth-order valence-corrected chi connectivity index (χ4v) is 5.66. The summed E-state index contributed by atoms with van der Waals surface area (Å²) in [6.07, 6.45) is -0.559. The van der Waals surface area contributed by atoms with E-state index in [1.54, 1.807) is 11.3 Å². The zero-order valence-electron chi connectivity index (χ0n) is 21.9. The summed E-state index contributed by atoms with van der Waals surface area (Å²) in [5.41, 5.74) is 4.22. The van der Waals surface area contributed by atoms with E-state index in [0.29, 0.717) is 24.8 Å². The number of ether oxygens (including phenoxy) is 1. The summed E-state index contributed by atoms with van der Waals surface area (Å²) in [5, 5.41) is 15.8. The number of aliphatic hydroxyl groups excluding tert-OH is 1. The number of aryl methyl sites for hydroxylation is 1. The van der Waals surface area contributed by atoms with Crippen molar-refractivity contribution in [2.45, 2.75) is 19.6 Å². The second-order valence-electron chi connectivity index (χ2n) is 9.86. The molecule has 0 amide bonds. The third-order valence-corrected chi connectivity index (χ3v) is 7.87. The van der Waals surface area contributed by atoms with E-state index in [9.17, 15) is 5.11 Å². The van der Waals surface area contributed by atoms with E-state index < -0.39 is 6.10 Å². The monoisotopic (exact) mass is 541 g/mol. The van der Waals surface area contributed by atoms with E-state index in [1.807, 2.05) is 55.5 Å². The summed E-state index contributed by atoms with van der Waals surface area (Å²) in [5.74, 6) is 1.96. The van der Waals surface area contributed by atoms with E-state index >= 15 is 0 Å². The normalized spacial score (nSPS) is 15.5. The van der Waals surface area contributed by atoms with Crippen molar-refractivity contribution in [1.82, 2.24) is 24.9 Å². The van der Waals surface area contributed by atoms with Crippen LogP contribution in [0.5, 0.6) is 5.75 Å². The number of hydrogen-bond donors (Lipinski definition) is 1. The van der Waals surface area contributed by atoms with Crippen LogP contribution in [-0.2, 0) is 6.54 Å². The molecule has 0 spiro atoms. The lowest BCUT2D eigenvalue weighted by Gasteiger charge is -2.34. The number of aliphatic hydroxyl groups is 1. The molecule has 0 radical (unpaired) electrons. The van der Waals surface area contributed by atoms with Gasteiger partial charge in [0.05, 0.1) is 21.8 Å². The van der Waals surface area contributed by atoms with E-state index in [0.717, 1.165) is 58.3 Å². The Morgan fingerprint density at radius 3 is 2.41 bits per heavy atom. The van der Waals surface area contributed by atoms with Crippen molar-refractivity contribution < 1.29 is 14.4 Å². The summed E-state index contributed by atoms with van der Waals surface area (Å²) >= 11 is 1.67. The maximum Gasteiger partial charge on any atom is 0.241 e. The van der Waals surface area contributed by atoms with Crippen molar-refractivity contribution in [3.63, 3.8) is 0 Å². The number of piperazine rings is 1. The van der Waals surface area contributed by atoms with Crippen molar-refractivity contribution in [3.05, 3.63) is 83.7 Å². The number of thiazole rings is 1. The summed E-state index contributed by atoms with van der Waals surface area (Å²) in [4.78, 5) is 13.7. The lowest BCUT2D eigenvalue weighted by atomic mass is 10.0. The summed E-state index contributed by atoms with van der Waals surface area (Å²) in [6, 6.07) is 24.4. The summed E-state index contributed by atoms with van der Waals surface area (Å²) < 4.78 is 12.5. The maximum absolute atomic E-state index is 10.5. The molecule has 1 fully saturated rings. The van der Waals surface area contributed by atoms with Gasteiger partial charge in [-0.1, -0.05) is 59.8 Å². The van der Waals surface area contributed by atoms with Crippen LogP contribution in [0.1, 0.15) is 10.9 Å². The highest BCUT2D eigenvalue weighted by Crippen LogP contribution is 2.26. The smallest absolute Gasteiger partial charge is 0.241 e. The van der Waals surface area contributed by atoms with Gasteiger partial charge < -0.3 is 14.4 Å². The Labute approximate surface area is 231 Å². The third kappa shape index (κ3) is 6.34. The second-order valence-corrected chi connectivity index (χ2v) is 11.1. The molecular weight excluding hydrogens is 510 g/mol. The van der Waals surface area contributed by atoms with Crippen molar-refractivity contribution in [3.8, 4) is 28.3 Å². The number of hydrogen-bond acceptors (Lipinski definition) is 9. The molecule has 8 nitrogen and oxygen atoms in total. The molecule has 0 bridgehead atoms. The molecular formula is C30H31N5O3S. The van der Waals surface area contributed by atoms with Crippen molar-refractivity contribution in [2.24, 2.45) is 0 Å². The number of aromatic nitrogens is 3. The van der Waals surface area contributed by atoms with Crippen LogP contribution in [0.3, 0.4) is 0 Å². The van der Waals surface area contributed by atoms with Crippen LogP contribution < -0.4 is 4.74 Å². The standard InChI is InChI=1S/C30H31N5O3S/c1-21-31-27-17-26(11-12-28(27)39-21)37-20-25(36)18-34-13-15-35(16-14-34)19-29-32-30(33-38-29)24-9-7-23(8-10-24)22-5-3-2-4-6-22/h2-12,17,25,36H,13-16,18-20H2,1H3/t25-/m0/s1. The van der Waals surface area contributed by atoms with Crippen LogP contribution in [0.4, 0.5) is 0 Å².